The van der Waals surface area contributed by atoms with Crippen molar-refractivity contribution in [2.45, 2.75) is 18.9 Å². The third-order valence-corrected chi connectivity index (χ3v) is 3.77. The summed E-state index contributed by atoms with van der Waals surface area (Å²) in [6.45, 7) is 1.48. The highest BCUT2D eigenvalue weighted by Crippen LogP contribution is 2.27. The van der Waals surface area contributed by atoms with Crippen molar-refractivity contribution in [1.82, 2.24) is 9.97 Å². The first-order valence-electron chi connectivity index (χ1n) is 7.36. The van der Waals surface area contributed by atoms with Gasteiger partial charge >= 0.3 is 0 Å². The van der Waals surface area contributed by atoms with Crippen LogP contribution in [0.4, 0.5) is 21.7 Å². The second kappa shape index (κ2) is 6.55. The van der Waals surface area contributed by atoms with Crippen LogP contribution in [0, 0.1) is 15.9 Å². The molecule has 1 aliphatic rings. The van der Waals surface area contributed by atoms with Crippen LogP contribution in [0.3, 0.4) is 0 Å². The normalized spacial score (nSPS) is 17.8. The molecule has 0 spiro atoms. The Labute approximate surface area is 132 Å². The zero-order chi connectivity index (χ0) is 16.2. The lowest BCUT2D eigenvalue weighted by Gasteiger charge is -2.33. The van der Waals surface area contributed by atoms with E-state index in [4.69, 9.17) is 0 Å². The van der Waals surface area contributed by atoms with Crippen LogP contribution in [-0.2, 0) is 0 Å². The molecule has 0 bridgehead atoms. The number of nitro groups is 1. The first-order chi connectivity index (χ1) is 11.1. The Balaban J connectivity index is 1.74. The van der Waals surface area contributed by atoms with Gasteiger partial charge in [-0.1, -0.05) is 0 Å². The van der Waals surface area contributed by atoms with E-state index in [2.05, 4.69) is 15.3 Å². The maximum Gasteiger partial charge on any atom is 0.295 e. The van der Waals surface area contributed by atoms with Crippen molar-refractivity contribution < 1.29 is 9.31 Å². The molecule has 1 atom stereocenters. The van der Waals surface area contributed by atoms with Crippen LogP contribution in [0.5, 0.6) is 0 Å². The highest BCUT2D eigenvalue weighted by Gasteiger charge is 2.24. The number of rotatable bonds is 4. The van der Waals surface area contributed by atoms with E-state index in [-0.39, 0.29) is 11.7 Å². The number of nitro benzene ring substituents is 1. The molecule has 1 fully saturated rings. The van der Waals surface area contributed by atoms with Gasteiger partial charge in [0.15, 0.2) is 0 Å². The minimum Gasteiger partial charge on any atom is -0.375 e. The maximum absolute atomic E-state index is 13.2. The lowest BCUT2D eigenvalue weighted by Crippen LogP contribution is -2.43. The number of anilines is 2. The Bertz CT molecular complexity index is 698. The number of nitrogens with zero attached hydrogens (tertiary/aromatic N) is 4. The van der Waals surface area contributed by atoms with E-state index in [1.807, 2.05) is 4.90 Å². The van der Waals surface area contributed by atoms with Gasteiger partial charge in [-0.3, -0.25) is 10.1 Å². The fourth-order valence-corrected chi connectivity index (χ4v) is 2.73. The summed E-state index contributed by atoms with van der Waals surface area (Å²) in [6, 6.07) is 5.33. The monoisotopic (exact) mass is 317 g/mol. The van der Waals surface area contributed by atoms with Crippen molar-refractivity contribution in [3.05, 3.63) is 52.6 Å². The summed E-state index contributed by atoms with van der Waals surface area (Å²) in [6.07, 6.45) is 5.16. The van der Waals surface area contributed by atoms with Crippen LogP contribution in [-0.4, -0.2) is 34.0 Å². The van der Waals surface area contributed by atoms with E-state index in [1.165, 1.54) is 12.1 Å². The molecule has 8 heteroatoms. The van der Waals surface area contributed by atoms with Gasteiger partial charge in [-0.25, -0.2) is 14.4 Å². The number of aromatic nitrogens is 2. The molecule has 120 valence electrons. The van der Waals surface area contributed by atoms with E-state index >= 15 is 0 Å². The Morgan fingerprint density at radius 1 is 1.35 bits per heavy atom. The van der Waals surface area contributed by atoms with Crippen LogP contribution in [0.1, 0.15) is 12.8 Å². The molecule has 3 rings (SSSR count). The summed E-state index contributed by atoms with van der Waals surface area (Å²) in [4.78, 5) is 21.0. The molecule has 1 aliphatic heterocycles. The first kappa shape index (κ1) is 15.1. The van der Waals surface area contributed by atoms with Crippen LogP contribution in [0.2, 0.25) is 0 Å². The number of hydrogen-bond acceptors (Lipinski definition) is 6. The van der Waals surface area contributed by atoms with Gasteiger partial charge in [0.25, 0.3) is 5.69 Å². The number of nitrogens with one attached hydrogen (secondary N) is 1. The molecule has 1 aromatic heterocycles. The minimum atomic E-state index is -0.620. The van der Waals surface area contributed by atoms with Gasteiger partial charge in [0, 0.05) is 31.5 Å². The fraction of sp³-hybridized carbons (Fsp3) is 0.333. The summed E-state index contributed by atoms with van der Waals surface area (Å²) in [5, 5.41) is 14.2. The second-order valence-electron chi connectivity index (χ2n) is 5.40. The summed E-state index contributed by atoms with van der Waals surface area (Å²) in [5.41, 5.74) is 0.0790. The van der Waals surface area contributed by atoms with Gasteiger partial charge in [-0.2, -0.15) is 0 Å². The molecule has 1 unspecified atom stereocenters. The molecule has 0 aliphatic carbocycles. The minimum absolute atomic E-state index is 0.0108. The predicted molar refractivity (Wildman–Crippen MR) is 83.9 cm³/mol. The predicted octanol–water partition coefficient (Wildman–Crippen LogP) is 2.60. The van der Waals surface area contributed by atoms with Gasteiger partial charge in [0.2, 0.25) is 5.95 Å². The summed E-state index contributed by atoms with van der Waals surface area (Å²) >= 11 is 0. The highest BCUT2D eigenvalue weighted by molar-refractivity contribution is 5.62. The molecule has 7 nitrogen and oxygen atoms in total. The van der Waals surface area contributed by atoms with Crippen molar-refractivity contribution >= 4 is 17.3 Å². The fourth-order valence-electron chi connectivity index (χ4n) is 2.73. The highest BCUT2D eigenvalue weighted by atomic mass is 19.1. The molecule has 2 aromatic rings. The standard InChI is InChI=1S/C15H16FN5O2/c16-11-4-5-13(14(9-11)21(22)23)19-12-3-1-8-20(10-12)15-17-6-2-7-18-15/h2,4-7,9,12,19H,1,3,8,10H2. The van der Waals surface area contributed by atoms with Crippen LogP contribution < -0.4 is 10.2 Å². The summed E-state index contributed by atoms with van der Waals surface area (Å²) < 4.78 is 13.2. The Hall–Kier alpha value is -2.77. The van der Waals surface area contributed by atoms with Crippen LogP contribution in [0.15, 0.2) is 36.7 Å². The largest absolute Gasteiger partial charge is 0.375 e. The van der Waals surface area contributed by atoms with E-state index < -0.39 is 10.7 Å². The van der Waals surface area contributed by atoms with Crippen molar-refractivity contribution in [3.63, 3.8) is 0 Å². The van der Waals surface area contributed by atoms with E-state index in [1.54, 1.807) is 18.5 Å². The second-order valence-corrected chi connectivity index (χ2v) is 5.40. The average molecular weight is 317 g/mol. The summed E-state index contributed by atoms with van der Waals surface area (Å²) in [7, 11) is 0. The molecule has 0 saturated carbocycles. The Kier molecular flexibility index (Phi) is 4.31. The third-order valence-electron chi connectivity index (χ3n) is 3.77. The van der Waals surface area contributed by atoms with Gasteiger partial charge in [-0.05, 0) is 31.0 Å². The van der Waals surface area contributed by atoms with Gasteiger partial charge in [-0.15, -0.1) is 0 Å². The van der Waals surface area contributed by atoms with Gasteiger partial charge < -0.3 is 10.2 Å². The smallest absolute Gasteiger partial charge is 0.295 e. The number of piperidine rings is 1. The molecule has 1 N–H and O–H groups in total. The zero-order valence-corrected chi connectivity index (χ0v) is 12.4. The molecular formula is C15H16FN5O2. The first-order valence-corrected chi connectivity index (χ1v) is 7.36. The van der Waals surface area contributed by atoms with Gasteiger partial charge in [0.1, 0.15) is 11.5 Å². The molecule has 23 heavy (non-hydrogen) atoms. The molecule has 0 amide bonds. The summed E-state index contributed by atoms with van der Waals surface area (Å²) in [5.74, 6) is 0.0258. The van der Waals surface area contributed by atoms with Crippen molar-refractivity contribution in [2.24, 2.45) is 0 Å². The Morgan fingerprint density at radius 2 is 2.13 bits per heavy atom. The van der Waals surface area contributed by atoms with Crippen molar-refractivity contribution in [1.29, 1.82) is 0 Å². The van der Waals surface area contributed by atoms with E-state index in [0.29, 0.717) is 18.2 Å². The zero-order valence-electron chi connectivity index (χ0n) is 12.4. The average Bonchev–Trinajstić information content (AvgIpc) is 2.57. The molecule has 1 aromatic carbocycles. The number of halogens is 1. The third kappa shape index (κ3) is 3.53. The maximum atomic E-state index is 13.2. The SMILES string of the molecule is O=[N+]([O-])c1cc(F)ccc1NC1CCCN(c2ncccn2)C1. The van der Waals surface area contributed by atoms with Gasteiger partial charge in [0.05, 0.1) is 11.0 Å². The van der Waals surface area contributed by atoms with Crippen molar-refractivity contribution in [3.8, 4) is 0 Å². The quantitative estimate of drug-likeness (QED) is 0.689. The molecule has 0 radical (unpaired) electrons. The number of benzene rings is 1. The lowest BCUT2D eigenvalue weighted by atomic mass is 10.1. The van der Waals surface area contributed by atoms with Crippen molar-refractivity contribution in [2.75, 3.05) is 23.3 Å². The van der Waals surface area contributed by atoms with E-state index in [0.717, 1.165) is 25.5 Å². The van der Waals surface area contributed by atoms with E-state index in [9.17, 15) is 14.5 Å². The molecule has 1 saturated heterocycles. The van der Waals surface area contributed by atoms with Crippen LogP contribution >= 0.6 is 0 Å². The number of hydrogen-bond donors (Lipinski definition) is 1. The molecule has 2 heterocycles. The Morgan fingerprint density at radius 3 is 2.87 bits per heavy atom. The topological polar surface area (TPSA) is 84.2 Å². The lowest BCUT2D eigenvalue weighted by molar-refractivity contribution is -0.384. The van der Waals surface area contributed by atoms with Crippen LogP contribution in [0.25, 0.3) is 0 Å². The molecular weight excluding hydrogens is 301 g/mol.